The molecule has 2 aliphatic rings. The molecular formula is C29H39ClN6O3. The summed E-state index contributed by atoms with van der Waals surface area (Å²) in [5.74, 6) is -0.327. The number of hydrogen-bond acceptors (Lipinski definition) is 6. The van der Waals surface area contributed by atoms with E-state index in [-0.39, 0.29) is 24.1 Å². The molecule has 9 nitrogen and oxygen atoms in total. The topological polar surface area (TPSA) is 97.0 Å². The number of nitrogens with zero attached hydrogens (tertiary/aromatic N) is 3. The van der Waals surface area contributed by atoms with Crippen LogP contribution in [0.2, 0.25) is 5.02 Å². The third-order valence-electron chi connectivity index (χ3n) is 7.25. The molecule has 2 heterocycles. The van der Waals surface area contributed by atoms with Gasteiger partial charge in [0.15, 0.2) is 0 Å². The van der Waals surface area contributed by atoms with E-state index in [1.165, 1.54) is 0 Å². The van der Waals surface area contributed by atoms with Crippen molar-refractivity contribution < 1.29 is 14.4 Å². The standard InChI is InChI=1S/C29H39ClN6O3/c1-34-16-18-35(19-17-34)15-13-31-21-25(20-27(37)32-24-9-7-23(30)8-10-24)33-29(39)22-5-11-26(12-6-22)36-14-3-2-4-28(36)38/h5-12,25,31H,2-4,13-21H2,1H3,(H,32,37)(H,33,39). The number of carbonyl (C=O) groups is 3. The molecule has 0 radical (unpaired) electrons. The zero-order valence-electron chi connectivity index (χ0n) is 22.6. The fourth-order valence-corrected chi connectivity index (χ4v) is 4.99. The lowest BCUT2D eigenvalue weighted by molar-refractivity contribution is -0.119. The van der Waals surface area contributed by atoms with E-state index in [0.29, 0.717) is 35.8 Å². The van der Waals surface area contributed by atoms with Crippen LogP contribution < -0.4 is 20.9 Å². The number of nitrogens with one attached hydrogen (secondary N) is 3. The molecule has 4 rings (SSSR count). The fourth-order valence-electron chi connectivity index (χ4n) is 4.87. The van der Waals surface area contributed by atoms with E-state index in [9.17, 15) is 14.4 Å². The minimum atomic E-state index is -0.402. The summed E-state index contributed by atoms with van der Waals surface area (Å²) in [6.07, 6.45) is 2.59. The number of piperidine rings is 1. The average molecular weight is 555 g/mol. The number of anilines is 2. The van der Waals surface area contributed by atoms with Gasteiger partial charge in [-0.1, -0.05) is 11.6 Å². The predicted molar refractivity (Wildman–Crippen MR) is 155 cm³/mol. The molecule has 210 valence electrons. The summed E-state index contributed by atoms with van der Waals surface area (Å²) in [7, 11) is 2.14. The van der Waals surface area contributed by atoms with Crippen LogP contribution in [0.4, 0.5) is 11.4 Å². The Morgan fingerprint density at radius 2 is 1.67 bits per heavy atom. The summed E-state index contributed by atoms with van der Waals surface area (Å²) < 4.78 is 0. The van der Waals surface area contributed by atoms with E-state index in [4.69, 9.17) is 11.6 Å². The molecule has 1 unspecified atom stereocenters. The zero-order chi connectivity index (χ0) is 27.6. The quantitative estimate of drug-likeness (QED) is 0.370. The molecule has 2 fully saturated rings. The highest BCUT2D eigenvalue weighted by Gasteiger charge is 2.21. The zero-order valence-corrected chi connectivity index (χ0v) is 23.4. The van der Waals surface area contributed by atoms with Crippen molar-refractivity contribution in [2.45, 2.75) is 31.7 Å². The van der Waals surface area contributed by atoms with Gasteiger partial charge in [-0.15, -0.1) is 0 Å². The third-order valence-corrected chi connectivity index (χ3v) is 7.50. The molecule has 0 aliphatic carbocycles. The number of halogens is 1. The van der Waals surface area contributed by atoms with Crippen molar-refractivity contribution in [3.05, 3.63) is 59.1 Å². The summed E-state index contributed by atoms with van der Waals surface area (Å²) >= 11 is 5.95. The van der Waals surface area contributed by atoms with Gasteiger partial charge in [-0.2, -0.15) is 0 Å². The van der Waals surface area contributed by atoms with Crippen molar-refractivity contribution in [2.24, 2.45) is 0 Å². The first-order valence-corrected chi connectivity index (χ1v) is 14.1. The van der Waals surface area contributed by atoms with E-state index in [2.05, 4.69) is 32.8 Å². The molecule has 0 saturated carbocycles. The SMILES string of the molecule is CN1CCN(CCNCC(CC(=O)Nc2ccc(Cl)cc2)NC(=O)c2ccc(N3CCCCC3=O)cc2)CC1. The maximum absolute atomic E-state index is 13.1. The minimum absolute atomic E-state index is 0.118. The second-order valence-corrected chi connectivity index (χ2v) is 10.8. The Morgan fingerprint density at radius 1 is 0.949 bits per heavy atom. The second-order valence-electron chi connectivity index (χ2n) is 10.3. The maximum Gasteiger partial charge on any atom is 0.251 e. The van der Waals surface area contributed by atoms with Crippen LogP contribution in [0, 0.1) is 0 Å². The van der Waals surface area contributed by atoms with Crippen LogP contribution in [0.5, 0.6) is 0 Å². The lowest BCUT2D eigenvalue weighted by Gasteiger charge is -2.32. The van der Waals surface area contributed by atoms with E-state index in [1.54, 1.807) is 41.3 Å². The minimum Gasteiger partial charge on any atom is -0.348 e. The van der Waals surface area contributed by atoms with Crippen LogP contribution in [0.3, 0.4) is 0 Å². The van der Waals surface area contributed by atoms with Gasteiger partial charge in [0, 0.05) is 87.2 Å². The summed E-state index contributed by atoms with van der Waals surface area (Å²) in [5, 5.41) is 9.93. The highest BCUT2D eigenvalue weighted by atomic mass is 35.5. The Kier molecular flexibility index (Phi) is 10.7. The van der Waals surface area contributed by atoms with Crippen molar-refractivity contribution in [3.8, 4) is 0 Å². The van der Waals surface area contributed by atoms with Crippen molar-refractivity contribution in [2.75, 3.05) is 69.6 Å². The predicted octanol–water partition coefficient (Wildman–Crippen LogP) is 2.82. The maximum atomic E-state index is 13.1. The van der Waals surface area contributed by atoms with E-state index < -0.39 is 6.04 Å². The van der Waals surface area contributed by atoms with Crippen LogP contribution in [0.15, 0.2) is 48.5 Å². The molecule has 39 heavy (non-hydrogen) atoms. The lowest BCUT2D eigenvalue weighted by atomic mass is 10.1. The van der Waals surface area contributed by atoms with Crippen molar-refractivity contribution >= 4 is 40.7 Å². The number of hydrogen-bond donors (Lipinski definition) is 3. The Hall–Kier alpha value is -2.98. The molecule has 0 aromatic heterocycles. The average Bonchev–Trinajstić information content (AvgIpc) is 2.93. The normalized spacial score (nSPS) is 17.6. The van der Waals surface area contributed by atoms with Gasteiger partial charge in [0.25, 0.3) is 5.91 Å². The molecule has 2 aromatic carbocycles. The van der Waals surface area contributed by atoms with Crippen LogP contribution in [0.1, 0.15) is 36.0 Å². The highest BCUT2D eigenvalue weighted by molar-refractivity contribution is 6.30. The molecule has 2 aromatic rings. The van der Waals surface area contributed by atoms with Crippen LogP contribution in [-0.2, 0) is 9.59 Å². The van der Waals surface area contributed by atoms with Crippen molar-refractivity contribution in [3.63, 3.8) is 0 Å². The van der Waals surface area contributed by atoms with Gasteiger partial charge >= 0.3 is 0 Å². The molecule has 0 bridgehead atoms. The first-order chi connectivity index (χ1) is 18.9. The Bertz CT molecular complexity index is 1100. The highest BCUT2D eigenvalue weighted by Crippen LogP contribution is 2.21. The van der Waals surface area contributed by atoms with Gasteiger partial charge in [0.1, 0.15) is 0 Å². The van der Waals surface area contributed by atoms with Crippen LogP contribution >= 0.6 is 11.6 Å². The fraction of sp³-hybridized carbons (Fsp3) is 0.483. The van der Waals surface area contributed by atoms with Gasteiger partial charge in [-0.05, 0) is 68.4 Å². The molecule has 10 heteroatoms. The summed E-state index contributed by atoms with van der Waals surface area (Å²) in [6.45, 7) is 7.07. The molecule has 2 saturated heterocycles. The number of benzene rings is 2. The number of rotatable bonds is 11. The molecule has 1 atom stereocenters. The molecule has 2 aliphatic heterocycles. The monoisotopic (exact) mass is 554 g/mol. The smallest absolute Gasteiger partial charge is 0.251 e. The lowest BCUT2D eigenvalue weighted by Crippen LogP contribution is -2.48. The largest absolute Gasteiger partial charge is 0.348 e. The molecular weight excluding hydrogens is 516 g/mol. The van der Waals surface area contributed by atoms with Crippen molar-refractivity contribution in [1.82, 2.24) is 20.4 Å². The second kappa shape index (κ2) is 14.4. The van der Waals surface area contributed by atoms with Crippen molar-refractivity contribution in [1.29, 1.82) is 0 Å². The van der Waals surface area contributed by atoms with Gasteiger partial charge in [-0.3, -0.25) is 19.3 Å². The summed E-state index contributed by atoms with van der Waals surface area (Å²) in [6, 6.07) is 13.6. The third kappa shape index (κ3) is 9.03. The molecule has 0 spiro atoms. The summed E-state index contributed by atoms with van der Waals surface area (Å²) in [4.78, 5) is 44.7. The number of amides is 3. The van der Waals surface area contributed by atoms with E-state index >= 15 is 0 Å². The van der Waals surface area contributed by atoms with E-state index in [0.717, 1.165) is 57.8 Å². The summed E-state index contributed by atoms with van der Waals surface area (Å²) in [5.41, 5.74) is 1.95. The number of carbonyl (C=O) groups excluding carboxylic acids is 3. The van der Waals surface area contributed by atoms with E-state index in [1.807, 2.05) is 12.1 Å². The van der Waals surface area contributed by atoms with Gasteiger partial charge in [-0.25, -0.2) is 0 Å². The van der Waals surface area contributed by atoms with Crippen LogP contribution in [0.25, 0.3) is 0 Å². The van der Waals surface area contributed by atoms with Crippen LogP contribution in [-0.4, -0.2) is 93.0 Å². The first kappa shape index (κ1) is 29.0. The molecule has 3 amide bonds. The Morgan fingerprint density at radius 3 is 2.36 bits per heavy atom. The first-order valence-electron chi connectivity index (χ1n) is 13.8. The number of piperazine rings is 1. The Balaban J connectivity index is 1.33. The van der Waals surface area contributed by atoms with Gasteiger partial charge in [0.05, 0.1) is 6.04 Å². The van der Waals surface area contributed by atoms with Gasteiger partial charge in [0.2, 0.25) is 11.8 Å². The van der Waals surface area contributed by atoms with Gasteiger partial charge < -0.3 is 25.8 Å². The Labute approximate surface area is 235 Å². The molecule has 3 N–H and O–H groups in total. The number of likely N-dealkylation sites (N-methyl/N-ethyl adjacent to an activating group) is 1.